The standard InChI is InChI=1S/C12H9N3O5.C10H11NO2/c1-19-11(17)5-2-3-7-6(13-5)4-8(20-7)9-10(16)15-12(18)14-9;1-11-6-7-3-4-8(13-2)5-9(7)10(11)12/h2-4,9H,1H3,(H2,14,15,16,18);3-5H,6H2,1-2H3. The topological polar surface area (TPSA) is 140 Å². The lowest BCUT2D eigenvalue weighted by atomic mass is 10.1. The average Bonchev–Trinajstić information content (AvgIpc) is 3.47. The Kier molecular flexibility index (Phi) is 5.69. The zero-order chi connectivity index (χ0) is 23.7. The van der Waals surface area contributed by atoms with Gasteiger partial charge in [0.15, 0.2) is 11.6 Å². The van der Waals surface area contributed by atoms with Crippen LogP contribution < -0.4 is 15.4 Å². The summed E-state index contributed by atoms with van der Waals surface area (Å²) in [5.41, 5.74) is 2.78. The van der Waals surface area contributed by atoms with Crippen LogP contribution in [0.15, 0.2) is 40.8 Å². The molecule has 2 N–H and O–H groups in total. The fourth-order valence-electron chi connectivity index (χ4n) is 3.47. The molecule has 4 heterocycles. The Morgan fingerprint density at radius 1 is 1.15 bits per heavy atom. The number of hydrogen-bond donors (Lipinski definition) is 2. The van der Waals surface area contributed by atoms with Gasteiger partial charge in [-0.05, 0) is 29.8 Å². The number of pyridine rings is 1. The van der Waals surface area contributed by atoms with Gasteiger partial charge in [0.1, 0.15) is 22.7 Å². The highest BCUT2D eigenvalue weighted by atomic mass is 16.5. The van der Waals surface area contributed by atoms with Gasteiger partial charge in [0.05, 0.1) is 14.2 Å². The molecule has 5 rings (SSSR count). The highest BCUT2D eigenvalue weighted by molar-refractivity contribution is 6.04. The summed E-state index contributed by atoms with van der Waals surface area (Å²) in [5, 5.41) is 4.52. The highest BCUT2D eigenvalue weighted by Crippen LogP contribution is 2.26. The van der Waals surface area contributed by atoms with E-state index in [4.69, 9.17) is 9.15 Å². The predicted molar refractivity (Wildman–Crippen MR) is 114 cm³/mol. The van der Waals surface area contributed by atoms with Crippen molar-refractivity contribution in [1.82, 2.24) is 20.5 Å². The van der Waals surface area contributed by atoms with Crippen LogP contribution in [0.1, 0.15) is 38.2 Å². The molecule has 2 aliphatic rings. The Morgan fingerprint density at radius 2 is 1.94 bits per heavy atom. The van der Waals surface area contributed by atoms with Crippen molar-refractivity contribution in [2.75, 3.05) is 21.3 Å². The van der Waals surface area contributed by atoms with E-state index in [9.17, 15) is 19.2 Å². The maximum atomic E-state index is 11.5. The second-order valence-electron chi connectivity index (χ2n) is 7.30. The number of urea groups is 1. The van der Waals surface area contributed by atoms with Crippen LogP contribution in [0.3, 0.4) is 0 Å². The number of carbonyl (C=O) groups excluding carboxylic acids is 4. The van der Waals surface area contributed by atoms with Crippen LogP contribution in [-0.4, -0.2) is 55.0 Å². The molecule has 1 unspecified atom stereocenters. The van der Waals surface area contributed by atoms with Crippen LogP contribution in [0.4, 0.5) is 4.79 Å². The number of hydrogen-bond acceptors (Lipinski definition) is 8. The number of ether oxygens (including phenoxy) is 2. The number of nitrogens with zero attached hydrogens (tertiary/aromatic N) is 2. The molecule has 0 radical (unpaired) electrons. The molecule has 1 saturated heterocycles. The quantitative estimate of drug-likeness (QED) is 0.453. The van der Waals surface area contributed by atoms with E-state index in [-0.39, 0.29) is 17.4 Å². The van der Waals surface area contributed by atoms with Crippen molar-refractivity contribution in [3.05, 3.63) is 59.0 Å². The SMILES string of the molecule is COC(=O)c1ccc2oc(C3NC(=O)NC3=O)cc2n1.COc1ccc2c(c1)C(=O)N(C)C2. The molecule has 0 bridgehead atoms. The van der Waals surface area contributed by atoms with E-state index in [1.165, 1.54) is 19.2 Å². The van der Waals surface area contributed by atoms with Gasteiger partial charge in [0.25, 0.3) is 11.8 Å². The summed E-state index contributed by atoms with van der Waals surface area (Å²) in [4.78, 5) is 51.3. The van der Waals surface area contributed by atoms with Crippen molar-refractivity contribution in [1.29, 1.82) is 0 Å². The van der Waals surface area contributed by atoms with Gasteiger partial charge in [-0.15, -0.1) is 0 Å². The molecule has 2 aromatic heterocycles. The lowest BCUT2D eigenvalue weighted by molar-refractivity contribution is -0.120. The molecule has 4 amide bonds. The lowest BCUT2D eigenvalue weighted by Crippen LogP contribution is -2.22. The fourth-order valence-corrected chi connectivity index (χ4v) is 3.47. The van der Waals surface area contributed by atoms with E-state index in [0.717, 1.165) is 16.9 Å². The Hall–Kier alpha value is -4.41. The van der Waals surface area contributed by atoms with Crippen LogP contribution in [0.5, 0.6) is 5.75 Å². The number of fused-ring (bicyclic) bond motifs is 2. The number of methoxy groups -OCH3 is 2. The van der Waals surface area contributed by atoms with Crippen molar-refractivity contribution >= 4 is 34.9 Å². The van der Waals surface area contributed by atoms with Crippen molar-refractivity contribution in [3.63, 3.8) is 0 Å². The number of aromatic nitrogens is 1. The van der Waals surface area contributed by atoms with Crippen LogP contribution in [-0.2, 0) is 16.1 Å². The van der Waals surface area contributed by atoms with Crippen molar-refractivity contribution in [3.8, 4) is 5.75 Å². The Balaban J connectivity index is 0.000000172. The monoisotopic (exact) mass is 452 g/mol. The third kappa shape index (κ3) is 4.20. The summed E-state index contributed by atoms with van der Waals surface area (Å²) in [5.74, 6) is -0.00187. The van der Waals surface area contributed by atoms with E-state index < -0.39 is 23.9 Å². The second kappa shape index (κ2) is 8.61. The Morgan fingerprint density at radius 3 is 2.61 bits per heavy atom. The van der Waals surface area contributed by atoms with E-state index in [1.807, 2.05) is 12.1 Å². The molecule has 1 fully saturated rings. The zero-order valence-corrected chi connectivity index (χ0v) is 18.0. The van der Waals surface area contributed by atoms with Crippen LogP contribution in [0.25, 0.3) is 11.1 Å². The predicted octanol–water partition coefficient (Wildman–Crippen LogP) is 1.78. The minimum absolute atomic E-state index is 0.0777. The van der Waals surface area contributed by atoms with Gasteiger partial charge in [-0.1, -0.05) is 6.07 Å². The van der Waals surface area contributed by atoms with Crippen molar-refractivity contribution in [2.24, 2.45) is 0 Å². The number of nitrogens with one attached hydrogen (secondary N) is 2. The molecule has 170 valence electrons. The maximum Gasteiger partial charge on any atom is 0.356 e. The zero-order valence-electron chi connectivity index (χ0n) is 18.0. The van der Waals surface area contributed by atoms with Gasteiger partial charge < -0.3 is 24.1 Å². The molecular formula is C22H20N4O7. The lowest BCUT2D eigenvalue weighted by Gasteiger charge is -2.04. The summed E-state index contributed by atoms with van der Waals surface area (Å²) in [7, 11) is 4.66. The molecule has 3 aromatic rings. The molecule has 2 aliphatic heterocycles. The third-order valence-electron chi connectivity index (χ3n) is 5.15. The molecule has 33 heavy (non-hydrogen) atoms. The number of esters is 1. The number of benzene rings is 1. The van der Waals surface area contributed by atoms with Gasteiger partial charge in [-0.3, -0.25) is 14.9 Å². The first-order chi connectivity index (χ1) is 15.8. The van der Waals surface area contributed by atoms with E-state index >= 15 is 0 Å². The molecule has 0 saturated carbocycles. The van der Waals surface area contributed by atoms with Gasteiger partial charge in [-0.25, -0.2) is 14.6 Å². The normalized spacial score (nSPS) is 16.6. The van der Waals surface area contributed by atoms with E-state index in [2.05, 4.69) is 20.4 Å². The van der Waals surface area contributed by atoms with Gasteiger partial charge >= 0.3 is 12.0 Å². The number of carbonyl (C=O) groups is 4. The number of furan rings is 1. The van der Waals surface area contributed by atoms with Crippen LogP contribution >= 0.6 is 0 Å². The first-order valence-corrected chi connectivity index (χ1v) is 9.83. The molecule has 11 nitrogen and oxygen atoms in total. The van der Waals surface area contributed by atoms with Gasteiger partial charge in [-0.2, -0.15) is 0 Å². The van der Waals surface area contributed by atoms with Crippen LogP contribution in [0, 0.1) is 0 Å². The minimum atomic E-state index is -0.890. The molecule has 1 atom stereocenters. The van der Waals surface area contributed by atoms with Crippen LogP contribution in [0.2, 0.25) is 0 Å². The average molecular weight is 452 g/mol. The number of amides is 4. The van der Waals surface area contributed by atoms with Gasteiger partial charge in [0, 0.05) is 25.2 Å². The maximum absolute atomic E-state index is 11.5. The molecule has 11 heteroatoms. The Labute approximate surface area is 187 Å². The summed E-state index contributed by atoms with van der Waals surface area (Å²) in [6.07, 6.45) is 0. The first-order valence-electron chi connectivity index (χ1n) is 9.83. The van der Waals surface area contributed by atoms with Gasteiger partial charge in [0.2, 0.25) is 0 Å². The summed E-state index contributed by atoms with van der Waals surface area (Å²) in [6, 6.07) is 8.64. The van der Waals surface area contributed by atoms with Crippen molar-refractivity contribution in [2.45, 2.75) is 12.6 Å². The Bertz CT molecular complexity index is 1280. The van der Waals surface area contributed by atoms with E-state index in [0.29, 0.717) is 17.6 Å². The smallest absolute Gasteiger partial charge is 0.356 e. The molecule has 0 aliphatic carbocycles. The second-order valence-corrected chi connectivity index (χ2v) is 7.30. The molecule has 0 spiro atoms. The number of rotatable bonds is 3. The first kappa shape index (κ1) is 21.8. The number of imide groups is 1. The largest absolute Gasteiger partial charge is 0.497 e. The minimum Gasteiger partial charge on any atom is -0.497 e. The molecular weight excluding hydrogens is 432 g/mol. The fraction of sp³-hybridized carbons (Fsp3) is 0.227. The summed E-state index contributed by atoms with van der Waals surface area (Å²) >= 11 is 0. The highest BCUT2D eigenvalue weighted by Gasteiger charge is 2.33. The third-order valence-corrected chi connectivity index (χ3v) is 5.15. The van der Waals surface area contributed by atoms with E-state index in [1.54, 1.807) is 31.2 Å². The summed E-state index contributed by atoms with van der Waals surface area (Å²) < 4.78 is 15.1. The molecule has 1 aromatic carbocycles. The van der Waals surface area contributed by atoms with Crippen molar-refractivity contribution < 1.29 is 33.1 Å². The summed E-state index contributed by atoms with van der Waals surface area (Å²) in [6.45, 7) is 0.707.